The second-order valence-corrected chi connectivity index (χ2v) is 9.10. The highest BCUT2D eigenvalue weighted by Crippen LogP contribution is 2.38. The lowest BCUT2D eigenvalue weighted by Crippen LogP contribution is -2.40. The number of para-hydroxylation sites is 1. The molecule has 0 aliphatic carbocycles. The first kappa shape index (κ1) is 21.3. The highest BCUT2D eigenvalue weighted by Gasteiger charge is 2.22. The number of fused-ring (bicyclic) bond motifs is 1. The molecule has 2 aromatic rings. The summed E-state index contributed by atoms with van der Waals surface area (Å²) in [6, 6.07) is 10.5. The van der Waals surface area contributed by atoms with Crippen LogP contribution in [0, 0.1) is 6.92 Å². The molecule has 0 bridgehead atoms. The van der Waals surface area contributed by atoms with E-state index >= 15 is 0 Å². The maximum Gasteiger partial charge on any atom is 0.241 e. The van der Waals surface area contributed by atoms with Crippen molar-refractivity contribution in [1.82, 2.24) is 5.32 Å². The predicted molar refractivity (Wildman–Crippen MR) is 112 cm³/mol. The van der Waals surface area contributed by atoms with Gasteiger partial charge in [0.2, 0.25) is 15.9 Å². The average Bonchev–Trinajstić information content (AvgIpc) is 2.90. The van der Waals surface area contributed by atoms with Crippen molar-refractivity contribution in [1.29, 1.82) is 0 Å². The molecular formula is C20H23ClN2O5S. The molecule has 1 heterocycles. The highest BCUT2D eigenvalue weighted by molar-refractivity contribution is 7.92. The number of hydrogen-bond donors (Lipinski definition) is 1. The summed E-state index contributed by atoms with van der Waals surface area (Å²) in [4.78, 5) is 12.5. The van der Waals surface area contributed by atoms with Crippen molar-refractivity contribution in [2.24, 2.45) is 0 Å². The van der Waals surface area contributed by atoms with E-state index in [2.05, 4.69) is 5.32 Å². The van der Waals surface area contributed by atoms with Gasteiger partial charge in [0.1, 0.15) is 6.54 Å². The van der Waals surface area contributed by atoms with Crippen LogP contribution in [0.4, 0.5) is 5.69 Å². The number of hydrogen-bond acceptors (Lipinski definition) is 5. The van der Waals surface area contributed by atoms with E-state index in [-0.39, 0.29) is 13.1 Å². The molecule has 0 saturated heterocycles. The summed E-state index contributed by atoms with van der Waals surface area (Å²) in [6.45, 7) is 2.72. The van der Waals surface area contributed by atoms with Gasteiger partial charge in [-0.15, -0.1) is 0 Å². The van der Waals surface area contributed by atoms with Crippen molar-refractivity contribution in [2.75, 3.05) is 30.3 Å². The molecule has 29 heavy (non-hydrogen) atoms. The van der Waals surface area contributed by atoms with Crippen molar-refractivity contribution in [3.8, 4) is 11.5 Å². The molecule has 1 N–H and O–H groups in total. The standard InChI is InChI=1S/C20H23ClN2O5S/c1-14-6-3-4-7-17(14)23(29(2,25)26)13-19(24)22-12-15-10-16(21)20-18(11-15)27-8-5-9-28-20/h3-4,6-7,10-11H,5,8-9,12-13H2,1-2H3,(H,22,24). The van der Waals surface area contributed by atoms with Crippen LogP contribution in [0.3, 0.4) is 0 Å². The number of benzene rings is 2. The molecular weight excluding hydrogens is 416 g/mol. The van der Waals surface area contributed by atoms with Gasteiger partial charge in [-0.05, 0) is 36.2 Å². The normalized spacial score (nSPS) is 13.5. The lowest BCUT2D eigenvalue weighted by atomic mass is 10.2. The molecule has 156 valence electrons. The molecule has 1 aliphatic rings. The van der Waals surface area contributed by atoms with E-state index in [0.717, 1.165) is 28.1 Å². The van der Waals surface area contributed by atoms with E-state index in [4.69, 9.17) is 21.1 Å². The summed E-state index contributed by atoms with van der Waals surface area (Å²) in [5.74, 6) is 0.612. The van der Waals surface area contributed by atoms with Gasteiger partial charge in [0.25, 0.3) is 0 Å². The molecule has 7 nitrogen and oxygen atoms in total. The van der Waals surface area contributed by atoms with Crippen molar-refractivity contribution in [2.45, 2.75) is 19.9 Å². The SMILES string of the molecule is Cc1ccccc1N(CC(=O)NCc1cc(Cl)c2c(c1)OCCCO2)S(C)(=O)=O. The molecule has 1 aliphatic heterocycles. The smallest absolute Gasteiger partial charge is 0.241 e. The summed E-state index contributed by atoms with van der Waals surface area (Å²) in [5.41, 5.74) is 1.97. The first-order chi connectivity index (χ1) is 13.8. The van der Waals surface area contributed by atoms with Crippen LogP contribution in [0.2, 0.25) is 5.02 Å². The average molecular weight is 439 g/mol. The number of rotatable bonds is 6. The quantitative estimate of drug-likeness (QED) is 0.749. The van der Waals surface area contributed by atoms with E-state index in [1.54, 1.807) is 37.3 Å². The van der Waals surface area contributed by atoms with Gasteiger partial charge < -0.3 is 14.8 Å². The van der Waals surface area contributed by atoms with Crippen LogP contribution in [0.25, 0.3) is 0 Å². The van der Waals surface area contributed by atoms with E-state index in [1.807, 2.05) is 6.07 Å². The molecule has 0 aromatic heterocycles. The molecule has 0 radical (unpaired) electrons. The Kier molecular flexibility index (Phi) is 6.54. The van der Waals surface area contributed by atoms with Crippen LogP contribution in [-0.4, -0.2) is 40.3 Å². The van der Waals surface area contributed by atoms with Gasteiger partial charge in [-0.1, -0.05) is 29.8 Å². The Hall–Kier alpha value is -2.45. The number of halogens is 1. The molecule has 0 atom stereocenters. The van der Waals surface area contributed by atoms with Crippen LogP contribution >= 0.6 is 11.6 Å². The summed E-state index contributed by atoms with van der Waals surface area (Å²) in [7, 11) is -3.63. The zero-order valence-corrected chi connectivity index (χ0v) is 17.8. The first-order valence-corrected chi connectivity index (χ1v) is 11.4. The van der Waals surface area contributed by atoms with Crippen molar-refractivity contribution in [3.63, 3.8) is 0 Å². The van der Waals surface area contributed by atoms with Gasteiger partial charge in [-0.2, -0.15) is 0 Å². The summed E-state index contributed by atoms with van der Waals surface area (Å²) < 4.78 is 36.8. The third-order valence-corrected chi connectivity index (χ3v) is 5.83. The second kappa shape index (κ2) is 8.92. The van der Waals surface area contributed by atoms with Crippen molar-refractivity contribution >= 4 is 33.2 Å². The van der Waals surface area contributed by atoms with E-state index < -0.39 is 15.9 Å². The van der Waals surface area contributed by atoms with E-state index in [1.165, 1.54) is 0 Å². The van der Waals surface area contributed by atoms with E-state index in [9.17, 15) is 13.2 Å². The van der Waals surface area contributed by atoms with Gasteiger partial charge in [0.05, 0.1) is 30.2 Å². The highest BCUT2D eigenvalue weighted by atomic mass is 35.5. The van der Waals surface area contributed by atoms with Gasteiger partial charge in [0.15, 0.2) is 11.5 Å². The van der Waals surface area contributed by atoms with Gasteiger partial charge in [-0.3, -0.25) is 9.10 Å². The number of carbonyl (C=O) groups excluding carboxylic acids is 1. The van der Waals surface area contributed by atoms with E-state index in [0.29, 0.717) is 35.4 Å². The van der Waals surface area contributed by atoms with Gasteiger partial charge in [0, 0.05) is 13.0 Å². The largest absolute Gasteiger partial charge is 0.489 e. The number of nitrogens with zero attached hydrogens (tertiary/aromatic N) is 1. The molecule has 2 aromatic carbocycles. The molecule has 0 fully saturated rings. The zero-order chi connectivity index (χ0) is 21.0. The number of amides is 1. The second-order valence-electron chi connectivity index (χ2n) is 6.79. The first-order valence-electron chi connectivity index (χ1n) is 9.14. The lowest BCUT2D eigenvalue weighted by molar-refractivity contribution is -0.119. The molecule has 0 saturated carbocycles. The minimum atomic E-state index is -3.63. The number of anilines is 1. The third kappa shape index (κ3) is 5.33. The fraction of sp³-hybridized carbons (Fsp3) is 0.350. The summed E-state index contributed by atoms with van der Waals surface area (Å²) in [5, 5.41) is 3.15. The minimum absolute atomic E-state index is 0.181. The van der Waals surface area contributed by atoms with Gasteiger partial charge in [-0.25, -0.2) is 8.42 Å². The molecule has 3 rings (SSSR count). The summed E-state index contributed by atoms with van der Waals surface area (Å²) in [6.07, 6.45) is 1.84. The number of sulfonamides is 1. The molecule has 0 spiro atoms. The van der Waals surface area contributed by atoms with Crippen LogP contribution in [0.5, 0.6) is 11.5 Å². The fourth-order valence-electron chi connectivity index (χ4n) is 3.00. The molecule has 9 heteroatoms. The maximum absolute atomic E-state index is 12.5. The van der Waals surface area contributed by atoms with Crippen LogP contribution in [0.1, 0.15) is 17.5 Å². The van der Waals surface area contributed by atoms with Crippen LogP contribution in [-0.2, 0) is 21.4 Å². The Morgan fingerprint density at radius 2 is 1.93 bits per heavy atom. The number of nitrogens with one attached hydrogen (secondary N) is 1. The van der Waals surface area contributed by atoms with Crippen LogP contribution in [0.15, 0.2) is 36.4 Å². The predicted octanol–water partition coefficient (Wildman–Crippen LogP) is 2.89. The fourth-order valence-corrected chi connectivity index (χ4v) is 4.20. The molecule has 0 unspecified atom stereocenters. The Morgan fingerprint density at radius 1 is 1.21 bits per heavy atom. The zero-order valence-electron chi connectivity index (χ0n) is 16.3. The number of ether oxygens (including phenoxy) is 2. The third-order valence-electron chi connectivity index (χ3n) is 4.42. The van der Waals surface area contributed by atoms with Crippen molar-refractivity contribution in [3.05, 3.63) is 52.5 Å². The minimum Gasteiger partial charge on any atom is -0.489 e. The molecule has 1 amide bonds. The maximum atomic E-state index is 12.5. The topological polar surface area (TPSA) is 84.9 Å². The Labute approximate surface area is 175 Å². The Morgan fingerprint density at radius 3 is 2.66 bits per heavy atom. The van der Waals surface area contributed by atoms with Crippen molar-refractivity contribution < 1.29 is 22.7 Å². The Balaban J connectivity index is 1.71. The summed E-state index contributed by atoms with van der Waals surface area (Å²) >= 11 is 6.27. The number of carbonyl (C=O) groups is 1. The van der Waals surface area contributed by atoms with Crippen LogP contribution < -0.4 is 19.1 Å². The van der Waals surface area contributed by atoms with Gasteiger partial charge >= 0.3 is 0 Å². The monoisotopic (exact) mass is 438 g/mol. The number of aryl methyl sites for hydroxylation is 1. The Bertz CT molecular complexity index is 1010. The lowest BCUT2D eigenvalue weighted by Gasteiger charge is -2.23.